The third-order valence-corrected chi connectivity index (χ3v) is 6.07. The fourth-order valence-electron chi connectivity index (χ4n) is 3.73. The number of carbonyl (C=O) groups is 1. The Hall–Kier alpha value is -3.20. The van der Waals surface area contributed by atoms with Crippen molar-refractivity contribution < 1.29 is 4.79 Å². The second-order valence-electron chi connectivity index (χ2n) is 8.90. The van der Waals surface area contributed by atoms with E-state index in [4.69, 9.17) is 13.6 Å². The van der Waals surface area contributed by atoms with Crippen LogP contribution in [0.15, 0.2) is 47.1 Å². The molecule has 8 nitrogen and oxygen atoms in total. The van der Waals surface area contributed by atoms with Crippen molar-refractivity contribution in [1.82, 2.24) is 20.2 Å². The van der Waals surface area contributed by atoms with E-state index in [-0.39, 0.29) is 5.91 Å². The number of aromatic nitrogens is 2. The van der Waals surface area contributed by atoms with Crippen LogP contribution < -0.4 is 21.8 Å². The number of amidine groups is 1. The number of carbonyl (C=O) groups excluding carboxylic acids is 1. The monoisotopic (exact) mass is 473 g/mol. The number of nitrogens with zero attached hydrogens (tertiary/aromatic N) is 4. The molecule has 0 aliphatic heterocycles. The molecule has 0 bridgehead atoms. The smallest absolute Gasteiger partial charge is 0.229 e. The molecule has 2 radical (unpaired) electrons. The summed E-state index contributed by atoms with van der Waals surface area (Å²) in [5, 5.41) is 6.15. The third-order valence-electron chi connectivity index (χ3n) is 6.07. The van der Waals surface area contributed by atoms with Crippen LogP contribution in [0.4, 0.5) is 17.5 Å². The number of anilines is 2. The Morgan fingerprint density at radius 1 is 1.26 bits per heavy atom. The Morgan fingerprint density at radius 3 is 2.63 bits per heavy atom. The number of hydrogen-bond donors (Lipinski definition) is 3. The minimum atomic E-state index is 0.0261. The van der Waals surface area contributed by atoms with E-state index in [0.717, 1.165) is 37.3 Å². The average molecular weight is 473 g/mol. The van der Waals surface area contributed by atoms with E-state index in [1.807, 2.05) is 30.3 Å². The number of amides is 1. The van der Waals surface area contributed by atoms with Crippen LogP contribution in [0.1, 0.15) is 45.6 Å². The molecule has 0 atom stereocenters. The number of nitrogens with two attached hydrogens (primary N) is 1. The summed E-state index contributed by atoms with van der Waals surface area (Å²) in [6, 6.07) is 7.61. The van der Waals surface area contributed by atoms with Gasteiger partial charge >= 0.3 is 0 Å². The van der Waals surface area contributed by atoms with Gasteiger partial charge in [0.15, 0.2) is 5.82 Å². The zero-order valence-corrected chi connectivity index (χ0v) is 21.1. The summed E-state index contributed by atoms with van der Waals surface area (Å²) in [5.74, 6) is 1.72. The van der Waals surface area contributed by atoms with Crippen LogP contribution >= 0.6 is 0 Å². The maximum Gasteiger partial charge on any atom is 0.229 e. The molecule has 184 valence electrons. The topological polar surface area (TPSA) is 109 Å². The van der Waals surface area contributed by atoms with Crippen LogP contribution in [0.2, 0.25) is 0 Å². The van der Waals surface area contributed by atoms with Gasteiger partial charge in [0.1, 0.15) is 13.7 Å². The Labute approximate surface area is 209 Å². The zero-order valence-electron chi connectivity index (χ0n) is 21.1. The first-order valence-electron chi connectivity index (χ1n) is 12.4. The van der Waals surface area contributed by atoms with Gasteiger partial charge in [-0.25, -0.2) is 9.98 Å². The van der Waals surface area contributed by atoms with Gasteiger partial charge in [0.2, 0.25) is 11.9 Å². The quantitative estimate of drug-likeness (QED) is 0.179. The van der Waals surface area contributed by atoms with E-state index >= 15 is 0 Å². The van der Waals surface area contributed by atoms with Gasteiger partial charge in [-0.1, -0.05) is 31.6 Å². The molecule has 2 aromatic rings. The molecule has 1 aliphatic rings. The van der Waals surface area contributed by atoms with Crippen molar-refractivity contribution in [3.63, 3.8) is 0 Å². The third kappa shape index (κ3) is 8.83. The van der Waals surface area contributed by atoms with E-state index in [0.29, 0.717) is 41.9 Å². The largest absolute Gasteiger partial charge is 0.384 e. The van der Waals surface area contributed by atoms with Gasteiger partial charge < -0.3 is 21.3 Å². The lowest BCUT2D eigenvalue weighted by molar-refractivity contribution is -0.120. The molecular weight excluding hydrogens is 437 g/mol. The van der Waals surface area contributed by atoms with Crippen molar-refractivity contribution in [2.24, 2.45) is 16.6 Å². The maximum absolute atomic E-state index is 12.2. The lowest BCUT2D eigenvalue weighted by Crippen LogP contribution is -2.30. The van der Waals surface area contributed by atoms with Crippen LogP contribution in [0.25, 0.3) is 0 Å². The number of aliphatic imine (C=N–C) groups is 1. The van der Waals surface area contributed by atoms with Crippen molar-refractivity contribution in [2.75, 3.05) is 31.5 Å². The fourth-order valence-corrected chi connectivity index (χ4v) is 3.73. The molecule has 1 saturated carbocycles. The molecular formula is C26H36BN7O. The minimum absolute atomic E-state index is 0.0261. The molecule has 0 saturated heterocycles. The second kappa shape index (κ2) is 13.0. The molecule has 0 unspecified atom stereocenters. The first-order valence-corrected chi connectivity index (χ1v) is 12.4. The van der Waals surface area contributed by atoms with Gasteiger partial charge in [-0.3, -0.25) is 4.79 Å². The van der Waals surface area contributed by atoms with Gasteiger partial charge in [0.05, 0.1) is 6.42 Å². The van der Waals surface area contributed by atoms with Crippen molar-refractivity contribution in [2.45, 2.75) is 46.5 Å². The minimum Gasteiger partial charge on any atom is -0.384 e. The molecule has 1 aliphatic carbocycles. The number of rotatable bonds is 13. The second-order valence-corrected chi connectivity index (χ2v) is 8.90. The lowest BCUT2D eigenvalue weighted by Gasteiger charge is -2.17. The SMILES string of the molecule is [B]c1cnc(Nc2ccc(CC(=O)NCCCN(CC)CC)cc2)nc1N=C(N)/C=C(\C)C1CC1. The Morgan fingerprint density at radius 2 is 1.97 bits per heavy atom. The number of nitrogens with one attached hydrogen (secondary N) is 2. The standard InChI is InChI=1S/C26H36BN7O/c1-4-34(5-2)14-6-13-29-24(35)16-19-7-11-21(12-8-19)31-26-30-17-22(27)25(33-26)32-23(28)15-18(3)20-9-10-20/h7-8,11-12,15,17,20H,4-6,9-10,13-14,16H2,1-3H3,(H,29,35)(H3,28,30,31,32,33)/b18-15+. The van der Waals surface area contributed by atoms with Crippen molar-refractivity contribution in [3.05, 3.63) is 47.7 Å². The summed E-state index contributed by atoms with van der Waals surface area (Å²) >= 11 is 0. The van der Waals surface area contributed by atoms with Gasteiger partial charge in [0, 0.05) is 18.4 Å². The van der Waals surface area contributed by atoms with Crippen LogP contribution in [0.3, 0.4) is 0 Å². The van der Waals surface area contributed by atoms with Crippen LogP contribution in [0.5, 0.6) is 0 Å². The number of allylic oxidation sites excluding steroid dienone is 1. The van der Waals surface area contributed by atoms with E-state index in [2.05, 4.69) is 51.3 Å². The zero-order chi connectivity index (χ0) is 25.2. The molecule has 3 rings (SSSR count). The van der Waals surface area contributed by atoms with Crippen LogP contribution in [-0.4, -0.2) is 60.6 Å². The van der Waals surface area contributed by atoms with E-state index < -0.39 is 0 Å². The summed E-state index contributed by atoms with van der Waals surface area (Å²) in [6.07, 6.45) is 7.10. The molecule has 1 aromatic carbocycles. The molecule has 4 N–H and O–H groups in total. The summed E-state index contributed by atoms with van der Waals surface area (Å²) in [6.45, 7) is 10.1. The predicted octanol–water partition coefficient (Wildman–Crippen LogP) is 2.75. The van der Waals surface area contributed by atoms with Crippen molar-refractivity contribution >= 4 is 42.5 Å². The first kappa shape index (κ1) is 26.4. The predicted molar refractivity (Wildman–Crippen MR) is 144 cm³/mol. The molecule has 0 spiro atoms. The molecule has 1 amide bonds. The lowest BCUT2D eigenvalue weighted by atomic mass is 9.99. The Kier molecular flexibility index (Phi) is 9.84. The van der Waals surface area contributed by atoms with Crippen molar-refractivity contribution in [1.29, 1.82) is 0 Å². The maximum atomic E-state index is 12.2. The van der Waals surface area contributed by atoms with Crippen LogP contribution in [0, 0.1) is 5.92 Å². The highest BCUT2D eigenvalue weighted by atomic mass is 16.1. The molecule has 35 heavy (non-hydrogen) atoms. The molecule has 1 aromatic heterocycles. The van der Waals surface area contributed by atoms with E-state index in [9.17, 15) is 4.79 Å². The molecule has 1 fully saturated rings. The average Bonchev–Trinajstić information content (AvgIpc) is 3.68. The summed E-state index contributed by atoms with van der Waals surface area (Å²) in [5.41, 5.74) is 9.38. The summed E-state index contributed by atoms with van der Waals surface area (Å²) < 4.78 is 0. The van der Waals surface area contributed by atoms with E-state index in [1.54, 1.807) is 0 Å². The Bertz CT molecular complexity index is 1040. The highest BCUT2D eigenvalue weighted by Crippen LogP contribution is 2.35. The first-order chi connectivity index (χ1) is 16.9. The van der Waals surface area contributed by atoms with Gasteiger partial charge in [-0.2, -0.15) is 4.98 Å². The number of hydrogen-bond acceptors (Lipinski definition) is 6. The highest BCUT2D eigenvalue weighted by molar-refractivity contribution is 6.35. The fraction of sp³-hybridized carbons (Fsp3) is 0.462. The molecule has 1 heterocycles. The summed E-state index contributed by atoms with van der Waals surface area (Å²) in [4.78, 5) is 27.6. The van der Waals surface area contributed by atoms with E-state index in [1.165, 1.54) is 24.6 Å². The van der Waals surface area contributed by atoms with Gasteiger partial charge in [-0.05, 0) is 81.0 Å². The normalized spacial score (nSPS) is 14.3. The highest BCUT2D eigenvalue weighted by Gasteiger charge is 2.22. The van der Waals surface area contributed by atoms with Crippen LogP contribution in [-0.2, 0) is 11.2 Å². The van der Waals surface area contributed by atoms with Gasteiger partial charge in [-0.15, -0.1) is 0 Å². The van der Waals surface area contributed by atoms with Crippen molar-refractivity contribution in [3.8, 4) is 0 Å². The van der Waals surface area contributed by atoms with Gasteiger partial charge in [0.25, 0.3) is 0 Å². The number of benzene rings is 1. The summed E-state index contributed by atoms with van der Waals surface area (Å²) in [7, 11) is 6.00. The Balaban J connectivity index is 1.52. The molecule has 9 heteroatoms.